The summed E-state index contributed by atoms with van der Waals surface area (Å²) in [6.45, 7) is 0. The third-order valence-electron chi connectivity index (χ3n) is 1.67. The number of rotatable bonds is 3. The average Bonchev–Trinajstić information content (AvgIpc) is 2.29. The number of nitrogens with one attached hydrogen (secondary N) is 1. The van der Waals surface area contributed by atoms with Crippen LogP contribution in [0.3, 0.4) is 0 Å². The van der Waals surface area contributed by atoms with Crippen molar-refractivity contribution in [1.82, 2.24) is 5.43 Å². The van der Waals surface area contributed by atoms with Gasteiger partial charge in [-0.15, -0.1) is 0 Å². The molecule has 0 radical (unpaired) electrons. The van der Waals surface area contributed by atoms with E-state index in [4.69, 9.17) is 4.74 Å². The number of carbonyl (C=O) groups is 1. The number of amides is 1. The molecule has 0 aliphatic rings. The number of hydrazone groups is 1. The van der Waals surface area contributed by atoms with Crippen molar-refractivity contribution in [3.63, 3.8) is 0 Å². The van der Waals surface area contributed by atoms with Crippen molar-refractivity contribution in [1.29, 1.82) is 0 Å². The molecule has 0 aliphatic heterocycles. The van der Waals surface area contributed by atoms with E-state index >= 15 is 0 Å². The fraction of sp³-hybridized carbons (Fsp3) is 0.200. The van der Waals surface area contributed by atoms with Gasteiger partial charge in [-0.05, 0) is 29.8 Å². The topological polar surface area (TPSA) is 59.9 Å². The first kappa shape index (κ1) is 11.0. The van der Waals surface area contributed by atoms with E-state index in [-0.39, 0.29) is 0 Å². The van der Waals surface area contributed by atoms with Crippen LogP contribution >= 0.6 is 0 Å². The van der Waals surface area contributed by atoms with E-state index in [1.165, 1.54) is 13.3 Å². The molecule has 15 heavy (non-hydrogen) atoms. The third kappa shape index (κ3) is 3.68. The van der Waals surface area contributed by atoms with Gasteiger partial charge in [-0.2, -0.15) is 5.10 Å². The van der Waals surface area contributed by atoms with Crippen molar-refractivity contribution in [3.8, 4) is 5.75 Å². The summed E-state index contributed by atoms with van der Waals surface area (Å²) >= 11 is 0. The van der Waals surface area contributed by atoms with Gasteiger partial charge < -0.3 is 9.47 Å². The highest BCUT2D eigenvalue weighted by molar-refractivity contribution is 5.80. The number of benzene rings is 1. The molecule has 0 saturated heterocycles. The lowest BCUT2D eigenvalue weighted by atomic mass is 10.2. The van der Waals surface area contributed by atoms with Gasteiger partial charge in [0.15, 0.2) is 0 Å². The molecule has 0 atom stereocenters. The molecule has 0 spiro atoms. The van der Waals surface area contributed by atoms with Crippen molar-refractivity contribution < 1.29 is 14.3 Å². The highest BCUT2D eigenvalue weighted by Gasteiger charge is 1.93. The molecule has 0 bridgehead atoms. The molecule has 1 rings (SSSR count). The van der Waals surface area contributed by atoms with E-state index in [2.05, 4.69) is 15.3 Å². The summed E-state index contributed by atoms with van der Waals surface area (Å²) in [6, 6.07) is 7.25. The molecule has 80 valence electrons. The predicted octanol–water partition coefficient (Wildman–Crippen LogP) is 1.39. The number of hydrogen-bond acceptors (Lipinski definition) is 4. The van der Waals surface area contributed by atoms with E-state index in [0.29, 0.717) is 0 Å². The lowest BCUT2D eigenvalue weighted by molar-refractivity contribution is 0.171. The maximum absolute atomic E-state index is 10.6. The molecule has 1 aromatic carbocycles. The smallest absolute Gasteiger partial charge is 0.427 e. The molecule has 0 unspecified atom stereocenters. The van der Waals surface area contributed by atoms with Crippen molar-refractivity contribution in [2.45, 2.75) is 0 Å². The Labute approximate surface area is 87.7 Å². The number of methoxy groups -OCH3 is 2. The van der Waals surface area contributed by atoms with Gasteiger partial charge in [-0.1, -0.05) is 0 Å². The fourth-order valence-electron chi connectivity index (χ4n) is 0.895. The zero-order chi connectivity index (χ0) is 11.1. The zero-order valence-electron chi connectivity index (χ0n) is 8.56. The van der Waals surface area contributed by atoms with Crippen LogP contribution in [0, 0.1) is 0 Å². The van der Waals surface area contributed by atoms with Gasteiger partial charge in [0.1, 0.15) is 5.75 Å². The van der Waals surface area contributed by atoms with Crippen LogP contribution < -0.4 is 10.2 Å². The molecule has 5 nitrogen and oxygen atoms in total. The SMILES string of the molecule is COC(=O)NN=Cc1ccc(OC)cc1. The second-order valence-corrected chi connectivity index (χ2v) is 2.63. The van der Waals surface area contributed by atoms with Gasteiger partial charge in [0.25, 0.3) is 0 Å². The number of nitrogens with zero attached hydrogens (tertiary/aromatic N) is 1. The summed E-state index contributed by atoms with van der Waals surface area (Å²) in [5.41, 5.74) is 3.04. The Bertz CT molecular complexity index is 346. The van der Waals surface area contributed by atoms with E-state index in [9.17, 15) is 4.79 Å². The molecule has 1 amide bonds. The normalized spacial score (nSPS) is 10.0. The first-order valence-electron chi connectivity index (χ1n) is 4.27. The maximum atomic E-state index is 10.6. The molecule has 0 saturated carbocycles. The van der Waals surface area contributed by atoms with Crippen molar-refractivity contribution in [2.24, 2.45) is 5.10 Å². The summed E-state index contributed by atoms with van der Waals surface area (Å²) in [5, 5.41) is 3.68. The first-order valence-corrected chi connectivity index (χ1v) is 4.27. The zero-order valence-corrected chi connectivity index (χ0v) is 8.56. The molecule has 0 aliphatic carbocycles. The molecule has 0 heterocycles. The Hall–Kier alpha value is -2.04. The maximum Gasteiger partial charge on any atom is 0.427 e. The molecule has 1 N–H and O–H groups in total. The van der Waals surface area contributed by atoms with Gasteiger partial charge in [-0.3, -0.25) is 0 Å². The minimum atomic E-state index is -0.597. The minimum Gasteiger partial charge on any atom is -0.497 e. The Morgan fingerprint density at radius 2 is 2.00 bits per heavy atom. The second-order valence-electron chi connectivity index (χ2n) is 2.63. The highest BCUT2D eigenvalue weighted by atomic mass is 16.5. The fourth-order valence-corrected chi connectivity index (χ4v) is 0.895. The quantitative estimate of drug-likeness (QED) is 0.603. The van der Waals surface area contributed by atoms with Crippen LogP contribution in [-0.4, -0.2) is 26.5 Å². The van der Waals surface area contributed by atoms with E-state index in [1.807, 2.05) is 12.1 Å². The number of hydrogen-bond donors (Lipinski definition) is 1. The summed E-state index contributed by atoms with van der Waals surface area (Å²) in [6.07, 6.45) is 0.913. The number of carbonyl (C=O) groups excluding carboxylic acids is 1. The van der Waals surface area contributed by atoms with Crippen LogP contribution in [0.25, 0.3) is 0 Å². The predicted molar refractivity (Wildman–Crippen MR) is 56.1 cm³/mol. The molecule has 0 aromatic heterocycles. The van der Waals surface area contributed by atoms with E-state index < -0.39 is 6.09 Å². The van der Waals surface area contributed by atoms with E-state index in [1.54, 1.807) is 19.2 Å². The second kappa shape index (κ2) is 5.64. The number of ether oxygens (including phenoxy) is 2. The van der Waals surface area contributed by atoms with Crippen molar-refractivity contribution in [2.75, 3.05) is 14.2 Å². The first-order chi connectivity index (χ1) is 7.26. The van der Waals surface area contributed by atoms with Crippen LogP contribution in [0.4, 0.5) is 4.79 Å². The van der Waals surface area contributed by atoms with Crippen molar-refractivity contribution in [3.05, 3.63) is 29.8 Å². The lowest BCUT2D eigenvalue weighted by Gasteiger charge is -1.99. The lowest BCUT2D eigenvalue weighted by Crippen LogP contribution is -2.16. The van der Waals surface area contributed by atoms with Gasteiger partial charge in [0.2, 0.25) is 0 Å². The van der Waals surface area contributed by atoms with Crippen LogP contribution in [0.2, 0.25) is 0 Å². The Morgan fingerprint density at radius 1 is 1.33 bits per heavy atom. The van der Waals surface area contributed by atoms with Gasteiger partial charge >= 0.3 is 6.09 Å². The van der Waals surface area contributed by atoms with Crippen LogP contribution in [-0.2, 0) is 4.74 Å². The molecule has 5 heteroatoms. The van der Waals surface area contributed by atoms with Gasteiger partial charge in [-0.25, -0.2) is 10.2 Å². The highest BCUT2D eigenvalue weighted by Crippen LogP contribution is 2.09. The van der Waals surface area contributed by atoms with E-state index in [0.717, 1.165) is 11.3 Å². The average molecular weight is 208 g/mol. The minimum absolute atomic E-state index is 0.597. The molecule has 0 fully saturated rings. The Morgan fingerprint density at radius 3 is 2.53 bits per heavy atom. The summed E-state index contributed by atoms with van der Waals surface area (Å²) < 4.78 is 9.34. The van der Waals surface area contributed by atoms with Gasteiger partial charge in [0.05, 0.1) is 20.4 Å². The summed E-state index contributed by atoms with van der Waals surface area (Å²) in [5.74, 6) is 0.771. The van der Waals surface area contributed by atoms with Crippen LogP contribution in [0.5, 0.6) is 5.75 Å². The van der Waals surface area contributed by atoms with Crippen molar-refractivity contribution >= 4 is 12.3 Å². The van der Waals surface area contributed by atoms with Crippen LogP contribution in [0.1, 0.15) is 5.56 Å². The largest absolute Gasteiger partial charge is 0.497 e. The summed E-state index contributed by atoms with van der Waals surface area (Å²) in [4.78, 5) is 10.6. The molecule has 1 aromatic rings. The standard InChI is InChI=1S/C10H12N2O3/c1-14-9-5-3-8(4-6-9)7-11-12-10(13)15-2/h3-7H,1-2H3,(H,12,13). The Kier molecular flexibility index (Phi) is 4.15. The van der Waals surface area contributed by atoms with Crippen LogP contribution in [0.15, 0.2) is 29.4 Å². The van der Waals surface area contributed by atoms with Gasteiger partial charge in [0, 0.05) is 0 Å². The Balaban J connectivity index is 2.53. The molecular formula is C10H12N2O3. The molecular weight excluding hydrogens is 196 g/mol. The monoisotopic (exact) mass is 208 g/mol. The summed E-state index contributed by atoms with van der Waals surface area (Å²) in [7, 11) is 2.88. The third-order valence-corrected chi connectivity index (χ3v) is 1.67.